The second-order valence-electron chi connectivity index (χ2n) is 9.89. The number of nitrogens with one attached hydrogen (secondary N) is 3. The van der Waals surface area contributed by atoms with E-state index in [0.717, 1.165) is 24.2 Å². The highest BCUT2D eigenvalue weighted by Crippen LogP contribution is 2.14. The van der Waals surface area contributed by atoms with Crippen LogP contribution >= 0.6 is 0 Å². The molecule has 0 bridgehead atoms. The molecule has 0 aliphatic rings. The van der Waals surface area contributed by atoms with E-state index in [4.69, 9.17) is 10.0 Å². The minimum atomic E-state index is -1.59. The average Bonchev–Trinajstić information content (AvgIpc) is 3.29. The van der Waals surface area contributed by atoms with Crippen molar-refractivity contribution >= 4 is 25.2 Å². The molecular weight excluding hydrogens is 469 g/mol. The number of carbonyl (C=O) groups is 3. The van der Waals surface area contributed by atoms with Crippen LogP contribution < -0.4 is 10.6 Å². The molecule has 0 aliphatic heterocycles. The number of carbonyl (C=O) groups excluding carboxylic acids is 3. The van der Waals surface area contributed by atoms with E-state index >= 15 is 0 Å². The molecule has 0 spiro atoms. The van der Waals surface area contributed by atoms with Gasteiger partial charge in [-0.2, -0.15) is 0 Å². The standard InChI is InChI=1S/C20H27NO.C8H17BN2O4/c1-16-10-8-9-12-18(16)11-6-4-3-5-7-13-20(22)19-15-14-17(2)21-19;1-6(2)3-7(9(14)15)11-8(13)4-10-5-12/h8-10,12,14-15,21H,3-7,11,13H2,1-2H3;5-7,14-15H,3-4H2,1-2H3,(H,10,12)(H,11,13). The number of hydrogen-bond donors (Lipinski definition) is 5. The number of unbranched alkanes of at least 4 members (excludes halogenated alkanes) is 4. The summed E-state index contributed by atoms with van der Waals surface area (Å²) in [6.45, 7) is 7.82. The molecule has 2 aromatic rings. The molecule has 9 heteroatoms. The highest BCUT2D eigenvalue weighted by Gasteiger charge is 2.25. The van der Waals surface area contributed by atoms with E-state index < -0.39 is 19.0 Å². The van der Waals surface area contributed by atoms with Gasteiger partial charge < -0.3 is 25.7 Å². The first kappa shape index (κ1) is 32.1. The molecule has 5 N–H and O–H groups in total. The molecule has 0 saturated heterocycles. The molecule has 1 unspecified atom stereocenters. The van der Waals surface area contributed by atoms with Gasteiger partial charge in [0.25, 0.3) is 0 Å². The van der Waals surface area contributed by atoms with E-state index in [1.54, 1.807) is 0 Å². The fourth-order valence-corrected chi connectivity index (χ4v) is 3.98. The maximum absolute atomic E-state index is 11.9. The fourth-order valence-electron chi connectivity index (χ4n) is 3.98. The van der Waals surface area contributed by atoms with Crippen molar-refractivity contribution in [1.82, 2.24) is 15.6 Å². The van der Waals surface area contributed by atoms with Gasteiger partial charge in [-0.3, -0.25) is 14.4 Å². The van der Waals surface area contributed by atoms with Gasteiger partial charge in [0.1, 0.15) is 0 Å². The maximum atomic E-state index is 11.9. The molecule has 37 heavy (non-hydrogen) atoms. The Morgan fingerprint density at radius 2 is 1.68 bits per heavy atom. The Kier molecular flexibility index (Phi) is 15.9. The number of aryl methyl sites for hydroxylation is 3. The van der Waals surface area contributed by atoms with Crippen molar-refractivity contribution in [2.24, 2.45) is 5.92 Å². The van der Waals surface area contributed by atoms with Gasteiger partial charge in [-0.15, -0.1) is 0 Å². The minimum absolute atomic E-state index is 0.162. The van der Waals surface area contributed by atoms with Crippen molar-refractivity contribution in [3.63, 3.8) is 0 Å². The van der Waals surface area contributed by atoms with Crippen LogP contribution in [0.1, 0.15) is 86.1 Å². The number of aromatic nitrogens is 1. The summed E-state index contributed by atoms with van der Waals surface area (Å²) in [4.78, 5) is 36.1. The molecule has 0 fully saturated rings. The highest BCUT2D eigenvalue weighted by molar-refractivity contribution is 6.43. The first-order chi connectivity index (χ1) is 17.6. The molecule has 8 nitrogen and oxygen atoms in total. The number of aromatic amines is 1. The molecule has 1 aromatic carbocycles. The van der Waals surface area contributed by atoms with Crippen molar-refractivity contribution in [3.8, 4) is 0 Å². The largest absolute Gasteiger partial charge is 0.475 e. The smallest absolute Gasteiger partial charge is 0.426 e. The minimum Gasteiger partial charge on any atom is -0.426 e. The van der Waals surface area contributed by atoms with Gasteiger partial charge in [0.05, 0.1) is 18.2 Å². The van der Waals surface area contributed by atoms with Gasteiger partial charge in [-0.25, -0.2) is 0 Å². The van der Waals surface area contributed by atoms with E-state index in [0.29, 0.717) is 19.3 Å². The Labute approximate surface area is 221 Å². The number of Topliss-reactive ketones (excluding diaryl/α,β-unsaturated/α-hetero) is 1. The summed E-state index contributed by atoms with van der Waals surface area (Å²) in [5.74, 6) is -0.670. The van der Waals surface area contributed by atoms with Gasteiger partial charge in [-0.1, -0.05) is 57.4 Å². The lowest BCUT2D eigenvalue weighted by molar-refractivity contribution is -0.122. The third-order valence-corrected chi connectivity index (χ3v) is 6.02. The number of benzene rings is 1. The Balaban J connectivity index is 0.000000401. The molecular formula is C28H44BN3O5. The van der Waals surface area contributed by atoms with Gasteiger partial charge in [0.2, 0.25) is 12.3 Å². The topological polar surface area (TPSA) is 132 Å². The number of H-pyrrole nitrogens is 1. The first-order valence-corrected chi connectivity index (χ1v) is 13.2. The molecule has 1 atom stereocenters. The van der Waals surface area contributed by atoms with Gasteiger partial charge in [-0.05, 0) is 68.7 Å². The molecule has 1 heterocycles. The van der Waals surface area contributed by atoms with E-state index in [9.17, 15) is 14.4 Å². The third kappa shape index (κ3) is 14.4. The number of amides is 2. The zero-order valence-electron chi connectivity index (χ0n) is 22.8. The third-order valence-electron chi connectivity index (χ3n) is 6.02. The molecule has 0 saturated carbocycles. The molecule has 2 rings (SSSR count). The second kappa shape index (κ2) is 18.4. The Morgan fingerprint density at radius 1 is 1.00 bits per heavy atom. The summed E-state index contributed by atoms with van der Waals surface area (Å²) in [6.07, 6.45) is 8.59. The van der Waals surface area contributed by atoms with Crippen LogP contribution in [0.2, 0.25) is 0 Å². The SMILES string of the molecule is CC(C)CC(NC(=O)CNC=O)B(O)O.Cc1ccc(C(=O)CCCCCCCc2ccccc2C)[nH]1. The van der Waals surface area contributed by atoms with Crippen LogP contribution in [0.5, 0.6) is 0 Å². The molecule has 1 aromatic heterocycles. The Bertz CT molecular complexity index is 945. The summed E-state index contributed by atoms with van der Waals surface area (Å²) >= 11 is 0. The summed E-state index contributed by atoms with van der Waals surface area (Å²) in [5.41, 5.74) is 4.69. The normalized spacial score (nSPS) is 11.3. The first-order valence-electron chi connectivity index (χ1n) is 13.2. The van der Waals surface area contributed by atoms with Crippen molar-refractivity contribution in [2.45, 2.75) is 85.0 Å². The van der Waals surface area contributed by atoms with Crippen LogP contribution in [-0.2, 0) is 16.0 Å². The van der Waals surface area contributed by atoms with E-state index in [-0.39, 0.29) is 18.2 Å². The van der Waals surface area contributed by atoms with E-state index in [2.05, 4.69) is 46.8 Å². The van der Waals surface area contributed by atoms with E-state index in [1.165, 1.54) is 36.8 Å². The molecule has 2 amide bonds. The van der Waals surface area contributed by atoms with Crippen LogP contribution in [0.4, 0.5) is 0 Å². The van der Waals surface area contributed by atoms with Crippen molar-refractivity contribution in [3.05, 3.63) is 58.9 Å². The maximum Gasteiger partial charge on any atom is 0.475 e. The second-order valence-corrected chi connectivity index (χ2v) is 9.89. The quantitative estimate of drug-likeness (QED) is 0.101. The lowest BCUT2D eigenvalue weighted by Gasteiger charge is -2.19. The van der Waals surface area contributed by atoms with Crippen LogP contribution in [-0.4, -0.2) is 52.7 Å². The lowest BCUT2D eigenvalue weighted by atomic mass is 9.75. The summed E-state index contributed by atoms with van der Waals surface area (Å²) < 4.78 is 0. The van der Waals surface area contributed by atoms with Crippen molar-refractivity contribution < 1.29 is 24.4 Å². The zero-order valence-corrected chi connectivity index (χ0v) is 22.8. The van der Waals surface area contributed by atoms with Crippen LogP contribution in [0.15, 0.2) is 36.4 Å². The lowest BCUT2D eigenvalue weighted by Crippen LogP contribution is -2.49. The molecule has 204 valence electrons. The monoisotopic (exact) mass is 513 g/mol. The van der Waals surface area contributed by atoms with Crippen molar-refractivity contribution in [1.29, 1.82) is 0 Å². The van der Waals surface area contributed by atoms with Crippen LogP contribution in [0.3, 0.4) is 0 Å². The zero-order chi connectivity index (χ0) is 27.6. The number of rotatable bonds is 16. The number of hydrogen-bond acceptors (Lipinski definition) is 5. The summed E-state index contributed by atoms with van der Waals surface area (Å²) in [5, 5.41) is 22.6. The molecule has 0 radical (unpaired) electrons. The predicted octanol–water partition coefficient (Wildman–Crippen LogP) is 3.67. The fraction of sp³-hybridized carbons (Fsp3) is 0.536. The Hall–Kier alpha value is -2.91. The summed E-state index contributed by atoms with van der Waals surface area (Å²) in [6, 6.07) is 12.5. The number of ketones is 1. The average molecular weight is 513 g/mol. The predicted molar refractivity (Wildman–Crippen MR) is 148 cm³/mol. The molecule has 0 aliphatic carbocycles. The van der Waals surface area contributed by atoms with Crippen LogP contribution in [0.25, 0.3) is 0 Å². The van der Waals surface area contributed by atoms with Crippen LogP contribution in [0, 0.1) is 19.8 Å². The van der Waals surface area contributed by atoms with E-state index in [1.807, 2.05) is 32.9 Å². The highest BCUT2D eigenvalue weighted by atomic mass is 16.4. The van der Waals surface area contributed by atoms with Gasteiger partial charge in [0, 0.05) is 12.1 Å². The van der Waals surface area contributed by atoms with Gasteiger partial charge >= 0.3 is 7.12 Å². The Morgan fingerprint density at radius 3 is 2.27 bits per heavy atom. The van der Waals surface area contributed by atoms with Crippen molar-refractivity contribution in [2.75, 3.05) is 6.54 Å². The van der Waals surface area contributed by atoms with Gasteiger partial charge in [0.15, 0.2) is 5.78 Å². The summed E-state index contributed by atoms with van der Waals surface area (Å²) in [7, 11) is -1.59.